The van der Waals surface area contributed by atoms with Crippen molar-refractivity contribution in [3.63, 3.8) is 0 Å². The first-order chi connectivity index (χ1) is 12.2. The highest BCUT2D eigenvalue weighted by molar-refractivity contribution is 7.19. The highest BCUT2D eigenvalue weighted by atomic mass is 32.1. The molecule has 0 unspecified atom stereocenters. The van der Waals surface area contributed by atoms with Gasteiger partial charge in [0.15, 0.2) is 0 Å². The van der Waals surface area contributed by atoms with Crippen LogP contribution < -0.4 is 5.32 Å². The Morgan fingerprint density at radius 2 is 1.96 bits per heavy atom. The molecule has 0 saturated carbocycles. The third-order valence-electron chi connectivity index (χ3n) is 4.09. The Hall–Kier alpha value is -2.02. The molecule has 0 radical (unpaired) electrons. The van der Waals surface area contributed by atoms with Crippen molar-refractivity contribution in [3.05, 3.63) is 41.0 Å². The summed E-state index contributed by atoms with van der Waals surface area (Å²) >= 11 is 1.69. The normalized spacial score (nSPS) is 11.2. The lowest BCUT2D eigenvalue weighted by Crippen LogP contribution is -2.12. The van der Waals surface area contributed by atoms with E-state index < -0.39 is 0 Å². The van der Waals surface area contributed by atoms with E-state index >= 15 is 0 Å². The smallest absolute Gasteiger partial charge is 0.138 e. The number of aliphatic hydroxyl groups excluding tert-OH is 1. The van der Waals surface area contributed by atoms with Crippen LogP contribution in [0, 0.1) is 6.92 Å². The predicted molar refractivity (Wildman–Crippen MR) is 103 cm³/mol. The number of rotatable bonds is 8. The van der Waals surface area contributed by atoms with Crippen molar-refractivity contribution < 1.29 is 9.84 Å². The van der Waals surface area contributed by atoms with Crippen LogP contribution in [0.15, 0.2) is 30.6 Å². The van der Waals surface area contributed by atoms with E-state index in [4.69, 9.17) is 9.84 Å². The number of thiophene rings is 1. The molecule has 25 heavy (non-hydrogen) atoms. The zero-order valence-electron chi connectivity index (χ0n) is 14.6. The SMILES string of the molecule is CCc1ccc(-c2c(C)sc3ncnc(NCCOCCO)c23)cc1. The first kappa shape index (κ1) is 17.8. The highest BCUT2D eigenvalue weighted by Crippen LogP contribution is 2.40. The standard InChI is InChI=1S/C19H23N3O2S/c1-3-14-4-6-15(7-5-14)16-13(2)25-19-17(16)18(21-12-22-19)20-8-10-24-11-9-23/h4-7,12,23H,3,8-11H2,1-2H3,(H,20,21,22). The average molecular weight is 357 g/mol. The topological polar surface area (TPSA) is 67.3 Å². The Kier molecular flexibility index (Phi) is 5.96. The van der Waals surface area contributed by atoms with Crippen LogP contribution in [0.5, 0.6) is 0 Å². The predicted octanol–water partition coefficient (Wildman–Crippen LogP) is 3.65. The number of aromatic nitrogens is 2. The van der Waals surface area contributed by atoms with Crippen LogP contribution in [-0.2, 0) is 11.2 Å². The summed E-state index contributed by atoms with van der Waals surface area (Å²) in [6.07, 6.45) is 2.63. The highest BCUT2D eigenvalue weighted by Gasteiger charge is 2.16. The van der Waals surface area contributed by atoms with E-state index in [9.17, 15) is 0 Å². The molecule has 0 saturated heterocycles. The van der Waals surface area contributed by atoms with E-state index in [0.29, 0.717) is 19.8 Å². The third-order valence-corrected chi connectivity index (χ3v) is 5.10. The third kappa shape index (κ3) is 3.98. The number of anilines is 1. The lowest BCUT2D eigenvalue weighted by Gasteiger charge is -2.09. The molecule has 0 aliphatic heterocycles. The first-order valence-electron chi connectivity index (χ1n) is 8.50. The molecule has 0 spiro atoms. The van der Waals surface area contributed by atoms with Gasteiger partial charge in [-0.2, -0.15) is 0 Å². The minimum absolute atomic E-state index is 0.0411. The Morgan fingerprint density at radius 1 is 1.16 bits per heavy atom. The van der Waals surface area contributed by atoms with Gasteiger partial charge in [-0.05, 0) is 24.5 Å². The van der Waals surface area contributed by atoms with Crippen molar-refractivity contribution >= 4 is 27.4 Å². The van der Waals surface area contributed by atoms with Gasteiger partial charge < -0.3 is 15.2 Å². The van der Waals surface area contributed by atoms with Gasteiger partial charge in [-0.1, -0.05) is 31.2 Å². The van der Waals surface area contributed by atoms with Crippen LogP contribution in [0.25, 0.3) is 21.3 Å². The molecule has 6 heteroatoms. The van der Waals surface area contributed by atoms with Crippen molar-refractivity contribution in [1.29, 1.82) is 0 Å². The summed E-state index contributed by atoms with van der Waals surface area (Å²) < 4.78 is 5.31. The number of ether oxygens (including phenoxy) is 1. The number of aryl methyl sites for hydroxylation is 2. The van der Waals surface area contributed by atoms with E-state index in [2.05, 4.69) is 53.4 Å². The summed E-state index contributed by atoms with van der Waals surface area (Å²) in [4.78, 5) is 11.1. The molecule has 0 atom stereocenters. The van der Waals surface area contributed by atoms with Crippen molar-refractivity contribution in [1.82, 2.24) is 9.97 Å². The maximum atomic E-state index is 8.76. The fourth-order valence-corrected chi connectivity index (χ4v) is 3.85. The summed E-state index contributed by atoms with van der Waals surface area (Å²) in [5.74, 6) is 0.830. The molecule has 0 amide bonds. The fraction of sp³-hybridized carbons (Fsp3) is 0.368. The van der Waals surface area contributed by atoms with Crippen LogP contribution in [0.4, 0.5) is 5.82 Å². The maximum Gasteiger partial charge on any atom is 0.138 e. The number of benzene rings is 1. The van der Waals surface area contributed by atoms with E-state index in [1.165, 1.54) is 21.6 Å². The summed E-state index contributed by atoms with van der Waals surface area (Å²) in [6, 6.07) is 8.71. The van der Waals surface area contributed by atoms with Crippen molar-refractivity contribution in [3.8, 4) is 11.1 Å². The second-order valence-electron chi connectivity index (χ2n) is 5.75. The van der Waals surface area contributed by atoms with Crippen molar-refractivity contribution in [2.45, 2.75) is 20.3 Å². The lowest BCUT2D eigenvalue weighted by molar-refractivity contribution is 0.0992. The summed E-state index contributed by atoms with van der Waals surface area (Å²) in [6.45, 7) is 5.84. The van der Waals surface area contributed by atoms with Crippen molar-refractivity contribution in [2.24, 2.45) is 0 Å². The number of hydrogen-bond acceptors (Lipinski definition) is 6. The van der Waals surface area contributed by atoms with Gasteiger partial charge in [0.05, 0.1) is 25.2 Å². The Morgan fingerprint density at radius 3 is 2.68 bits per heavy atom. The lowest BCUT2D eigenvalue weighted by atomic mass is 10.0. The van der Waals surface area contributed by atoms with E-state index in [0.717, 1.165) is 22.5 Å². The minimum atomic E-state index is 0.0411. The van der Waals surface area contributed by atoms with Crippen LogP contribution >= 0.6 is 11.3 Å². The van der Waals surface area contributed by atoms with E-state index in [1.54, 1.807) is 17.7 Å². The first-order valence-corrected chi connectivity index (χ1v) is 9.32. The Bertz CT molecular complexity index is 831. The Balaban J connectivity index is 1.93. The van der Waals surface area contributed by atoms with Gasteiger partial charge in [0.1, 0.15) is 17.0 Å². The van der Waals surface area contributed by atoms with E-state index in [-0.39, 0.29) is 6.61 Å². The van der Waals surface area contributed by atoms with Gasteiger partial charge in [-0.15, -0.1) is 11.3 Å². The molecular weight excluding hydrogens is 334 g/mol. The molecule has 132 valence electrons. The molecule has 0 fully saturated rings. The fourth-order valence-electron chi connectivity index (χ4n) is 2.84. The average Bonchev–Trinajstić information content (AvgIpc) is 2.98. The molecule has 2 N–H and O–H groups in total. The largest absolute Gasteiger partial charge is 0.394 e. The minimum Gasteiger partial charge on any atom is -0.394 e. The van der Waals surface area contributed by atoms with Gasteiger partial charge in [0, 0.05) is 17.0 Å². The summed E-state index contributed by atoms with van der Waals surface area (Å²) in [7, 11) is 0. The van der Waals surface area contributed by atoms with E-state index in [1.807, 2.05) is 0 Å². The Labute approximate surface area is 151 Å². The van der Waals surface area contributed by atoms with Gasteiger partial charge in [0.25, 0.3) is 0 Å². The monoisotopic (exact) mass is 357 g/mol. The number of fused-ring (bicyclic) bond motifs is 1. The molecule has 2 aromatic heterocycles. The number of aliphatic hydroxyl groups is 1. The molecule has 0 aliphatic carbocycles. The van der Waals surface area contributed by atoms with Gasteiger partial charge >= 0.3 is 0 Å². The number of nitrogens with one attached hydrogen (secondary N) is 1. The van der Waals surface area contributed by atoms with Gasteiger partial charge in [-0.25, -0.2) is 9.97 Å². The molecule has 3 aromatic rings. The van der Waals surface area contributed by atoms with Gasteiger partial charge in [-0.3, -0.25) is 0 Å². The van der Waals surface area contributed by atoms with Crippen molar-refractivity contribution in [2.75, 3.05) is 31.7 Å². The molecule has 2 heterocycles. The number of nitrogens with zero attached hydrogens (tertiary/aromatic N) is 2. The quantitative estimate of drug-likeness (QED) is 0.602. The summed E-state index contributed by atoms with van der Waals surface area (Å²) in [5, 5.41) is 13.2. The van der Waals surface area contributed by atoms with Crippen LogP contribution in [0.2, 0.25) is 0 Å². The van der Waals surface area contributed by atoms with Crippen LogP contribution in [0.1, 0.15) is 17.4 Å². The second kappa shape index (κ2) is 8.38. The molecular formula is C19H23N3O2S. The second-order valence-corrected chi connectivity index (χ2v) is 6.95. The molecule has 3 rings (SSSR count). The maximum absolute atomic E-state index is 8.76. The van der Waals surface area contributed by atoms with Crippen LogP contribution in [-0.4, -0.2) is 41.4 Å². The zero-order valence-corrected chi connectivity index (χ0v) is 15.4. The molecule has 0 aliphatic rings. The zero-order chi connectivity index (χ0) is 17.6. The molecule has 1 aromatic carbocycles. The number of hydrogen-bond donors (Lipinski definition) is 2. The summed E-state index contributed by atoms with van der Waals surface area (Å²) in [5.41, 5.74) is 3.72. The van der Waals surface area contributed by atoms with Gasteiger partial charge in [0.2, 0.25) is 0 Å². The van der Waals surface area contributed by atoms with Crippen LogP contribution in [0.3, 0.4) is 0 Å². The molecule has 0 bridgehead atoms. The molecule has 5 nitrogen and oxygen atoms in total.